The molecule has 0 aromatic heterocycles. The van der Waals surface area contributed by atoms with Crippen molar-refractivity contribution in [2.75, 3.05) is 48.4 Å². The highest BCUT2D eigenvalue weighted by atomic mass is 31.2. The van der Waals surface area contributed by atoms with Crippen LogP contribution in [-0.4, -0.2) is 62.5 Å². The Kier molecular flexibility index (Phi) is 6.62. The van der Waals surface area contributed by atoms with Crippen LogP contribution in [0.2, 0.25) is 0 Å². The summed E-state index contributed by atoms with van der Waals surface area (Å²) in [6, 6.07) is 0. The van der Waals surface area contributed by atoms with Crippen molar-refractivity contribution in [2.24, 2.45) is 0 Å². The lowest BCUT2D eigenvalue weighted by atomic mass is 10.3. The maximum atomic E-state index is 3.79. The molecule has 0 bridgehead atoms. The number of nitrogens with zero attached hydrogens (tertiary/aromatic N) is 3. The monoisotopic (exact) mass is 232 g/mol. The maximum Gasteiger partial charge on any atom is 0.225 e. The Labute approximate surface area is 96.2 Å². The molecular weight excluding hydrogens is 205 g/mol. The molecule has 90 valence electrons. The third kappa shape index (κ3) is 3.53. The van der Waals surface area contributed by atoms with Crippen LogP contribution < -0.4 is 0 Å². The van der Waals surface area contributed by atoms with Gasteiger partial charge in [0.25, 0.3) is 0 Å². The van der Waals surface area contributed by atoms with E-state index in [4.69, 9.17) is 0 Å². The van der Waals surface area contributed by atoms with E-state index in [1.807, 2.05) is 6.08 Å². The molecule has 4 heteroatoms. The molecule has 0 aliphatic rings. The van der Waals surface area contributed by atoms with Gasteiger partial charge >= 0.3 is 0 Å². The van der Waals surface area contributed by atoms with Crippen LogP contribution in [-0.2, 0) is 0 Å². The molecule has 0 aromatic carbocycles. The summed E-state index contributed by atoms with van der Waals surface area (Å²) in [6.45, 7) is 3.79. The molecule has 0 fully saturated rings. The van der Waals surface area contributed by atoms with Gasteiger partial charge in [-0.15, -0.1) is 6.58 Å². The van der Waals surface area contributed by atoms with Gasteiger partial charge in [-0.1, -0.05) is 6.08 Å². The second-order valence-electron chi connectivity index (χ2n) is 4.39. The third-order valence-corrected chi connectivity index (χ3v) is 7.55. The molecule has 0 unspecified atom stereocenters. The fraction of sp³-hybridized carbons (Fsp3) is 0.818. The summed E-state index contributed by atoms with van der Waals surface area (Å²) in [4.78, 5) is 0. The second-order valence-corrected chi connectivity index (χ2v) is 8.62. The minimum absolute atomic E-state index is 1.11. The Balaban J connectivity index is 4.72. The average molecular weight is 232 g/mol. The van der Waals surface area contributed by atoms with Gasteiger partial charge in [0.2, 0.25) is 7.71 Å². The summed E-state index contributed by atoms with van der Waals surface area (Å²) in [7, 11) is 11.8. The van der Waals surface area contributed by atoms with Crippen LogP contribution in [0.25, 0.3) is 0 Å². The highest BCUT2D eigenvalue weighted by molar-refractivity contribution is 7.68. The summed E-state index contributed by atoms with van der Waals surface area (Å²) in [5, 5.41) is 0. The van der Waals surface area contributed by atoms with Crippen LogP contribution in [0.3, 0.4) is 0 Å². The van der Waals surface area contributed by atoms with E-state index in [0.717, 1.165) is 6.42 Å². The van der Waals surface area contributed by atoms with Crippen molar-refractivity contribution in [3.8, 4) is 0 Å². The lowest BCUT2D eigenvalue weighted by molar-refractivity contribution is 0.456. The highest BCUT2D eigenvalue weighted by Crippen LogP contribution is 2.63. The van der Waals surface area contributed by atoms with Gasteiger partial charge in [0.05, 0.1) is 0 Å². The van der Waals surface area contributed by atoms with Gasteiger partial charge in [0, 0.05) is 42.3 Å². The van der Waals surface area contributed by atoms with Gasteiger partial charge < -0.3 is 0 Å². The van der Waals surface area contributed by atoms with Crippen molar-refractivity contribution in [1.82, 2.24) is 14.0 Å². The molecule has 0 aromatic rings. The molecule has 0 amide bonds. The summed E-state index contributed by atoms with van der Waals surface area (Å²) < 4.78 is 7.16. The van der Waals surface area contributed by atoms with Crippen LogP contribution in [0.1, 0.15) is 12.8 Å². The minimum Gasteiger partial charge on any atom is -0.155 e. The predicted octanol–water partition coefficient (Wildman–Crippen LogP) is 2.40. The molecule has 3 nitrogen and oxygen atoms in total. The molecule has 0 spiro atoms. The third-order valence-electron chi connectivity index (χ3n) is 2.79. The molecule has 0 aliphatic heterocycles. The molecule has 0 heterocycles. The summed E-state index contributed by atoms with van der Waals surface area (Å²) in [5.41, 5.74) is 0. The first-order valence-corrected chi connectivity index (χ1v) is 7.25. The molecule has 0 rings (SSSR count). The smallest absolute Gasteiger partial charge is 0.155 e. The Morgan fingerprint density at radius 1 is 0.933 bits per heavy atom. The minimum atomic E-state index is -1.29. The van der Waals surface area contributed by atoms with E-state index < -0.39 is 7.71 Å². The zero-order valence-electron chi connectivity index (χ0n) is 11.2. The second kappa shape index (κ2) is 6.59. The van der Waals surface area contributed by atoms with Gasteiger partial charge in [-0.3, -0.25) is 0 Å². The fourth-order valence-electron chi connectivity index (χ4n) is 2.12. The topological polar surface area (TPSA) is 9.72 Å². The van der Waals surface area contributed by atoms with Crippen molar-refractivity contribution >= 4 is 7.71 Å². The molecule has 0 saturated heterocycles. The van der Waals surface area contributed by atoms with Crippen LogP contribution in [0, 0.1) is 0 Å². The Morgan fingerprint density at radius 3 is 1.60 bits per heavy atom. The van der Waals surface area contributed by atoms with Crippen molar-refractivity contribution in [1.29, 1.82) is 0 Å². The van der Waals surface area contributed by atoms with E-state index in [1.165, 1.54) is 12.6 Å². The summed E-state index contributed by atoms with van der Waals surface area (Å²) in [5.74, 6) is 0. The predicted molar refractivity (Wildman–Crippen MR) is 72.3 cm³/mol. The standard InChI is InChI=1S/C11H27N3P/c1-8-9-10-11-15(12(2)3,13(4)5)14(6)7/h8H,1,9-11H2,2-7H3/q+1. The molecule has 0 atom stereocenters. The van der Waals surface area contributed by atoms with E-state index >= 15 is 0 Å². The average Bonchev–Trinajstić information content (AvgIpc) is 2.10. The number of hydrogen-bond donors (Lipinski definition) is 0. The van der Waals surface area contributed by atoms with Crippen molar-refractivity contribution in [3.63, 3.8) is 0 Å². The molecule has 0 N–H and O–H groups in total. The summed E-state index contributed by atoms with van der Waals surface area (Å²) in [6.07, 6.45) is 5.56. The van der Waals surface area contributed by atoms with E-state index in [9.17, 15) is 0 Å². The van der Waals surface area contributed by atoms with E-state index in [-0.39, 0.29) is 0 Å². The van der Waals surface area contributed by atoms with Crippen molar-refractivity contribution in [3.05, 3.63) is 12.7 Å². The molecule has 15 heavy (non-hydrogen) atoms. The Morgan fingerprint density at radius 2 is 1.33 bits per heavy atom. The van der Waals surface area contributed by atoms with Crippen molar-refractivity contribution in [2.45, 2.75) is 12.8 Å². The van der Waals surface area contributed by atoms with Gasteiger partial charge in [-0.05, 0) is 12.8 Å². The van der Waals surface area contributed by atoms with Gasteiger partial charge in [0.1, 0.15) is 6.16 Å². The normalized spacial score (nSPS) is 12.9. The van der Waals surface area contributed by atoms with E-state index in [0.29, 0.717) is 0 Å². The van der Waals surface area contributed by atoms with Crippen molar-refractivity contribution < 1.29 is 0 Å². The van der Waals surface area contributed by atoms with Gasteiger partial charge in [0.15, 0.2) is 0 Å². The molecule has 0 radical (unpaired) electrons. The largest absolute Gasteiger partial charge is 0.225 e. The quantitative estimate of drug-likeness (QED) is 0.379. The van der Waals surface area contributed by atoms with Crippen LogP contribution >= 0.6 is 7.71 Å². The number of hydrogen-bond acceptors (Lipinski definition) is 3. The number of allylic oxidation sites excluding steroid dienone is 1. The Bertz CT molecular complexity index is 168. The van der Waals surface area contributed by atoms with E-state index in [2.05, 4.69) is 62.9 Å². The molecule has 0 saturated carbocycles. The van der Waals surface area contributed by atoms with Crippen LogP contribution in [0.5, 0.6) is 0 Å². The zero-order chi connectivity index (χ0) is 12.1. The highest BCUT2D eigenvalue weighted by Gasteiger charge is 2.46. The maximum absolute atomic E-state index is 3.79. The first kappa shape index (κ1) is 15.0. The van der Waals surface area contributed by atoms with Gasteiger partial charge in [-0.25, -0.2) is 0 Å². The summed E-state index contributed by atoms with van der Waals surface area (Å²) >= 11 is 0. The van der Waals surface area contributed by atoms with E-state index in [1.54, 1.807) is 0 Å². The SMILES string of the molecule is C=CCCC[P+](N(C)C)(N(C)C)N(C)C. The number of rotatable bonds is 7. The lowest BCUT2D eigenvalue weighted by Crippen LogP contribution is -2.37. The fourth-order valence-corrected chi connectivity index (χ4v) is 6.07. The first-order chi connectivity index (χ1) is 6.89. The Hall–Kier alpha value is 0.0500. The van der Waals surface area contributed by atoms with Gasteiger partial charge in [-0.2, -0.15) is 14.0 Å². The zero-order valence-corrected chi connectivity index (χ0v) is 12.1. The lowest BCUT2D eigenvalue weighted by Gasteiger charge is -2.40. The molecular formula is C11H27N3P+. The van der Waals surface area contributed by atoms with Crippen LogP contribution in [0.4, 0.5) is 0 Å². The first-order valence-electron chi connectivity index (χ1n) is 5.42. The molecule has 0 aliphatic carbocycles. The number of unbranched alkanes of at least 4 members (excludes halogenated alkanes) is 1. The van der Waals surface area contributed by atoms with Crippen LogP contribution in [0.15, 0.2) is 12.7 Å².